The molecule has 2 aliphatic heterocycles. The van der Waals surface area contributed by atoms with Crippen LogP contribution in [0.5, 0.6) is 0 Å². The highest BCUT2D eigenvalue weighted by Gasteiger charge is 2.51. The zero-order chi connectivity index (χ0) is 19.2. The van der Waals surface area contributed by atoms with Gasteiger partial charge in [0.2, 0.25) is 11.8 Å². The van der Waals surface area contributed by atoms with Crippen LogP contribution in [0.25, 0.3) is 0 Å². The predicted molar refractivity (Wildman–Crippen MR) is 87.0 cm³/mol. The number of halogens is 3. The van der Waals surface area contributed by atoms with E-state index in [1.807, 2.05) is 0 Å². The van der Waals surface area contributed by atoms with Crippen LogP contribution in [0.4, 0.5) is 18.9 Å². The molecule has 3 fully saturated rings. The van der Waals surface area contributed by atoms with Gasteiger partial charge in [0.15, 0.2) is 23.2 Å². The maximum atomic E-state index is 13.7. The number of nitrogens with one attached hydrogen (secondary N) is 1. The van der Waals surface area contributed by atoms with Crippen LogP contribution in [-0.4, -0.2) is 48.8 Å². The highest BCUT2D eigenvalue weighted by Crippen LogP contribution is 2.42. The summed E-state index contributed by atoms with van der Waals surface area (Å²) in [5.41, 5.74) is -0.438. The van der Waals surface area contributed by atoms with Crippen LogP contribution in [-0.2, 0) is 19.1 Å². The van der Waals surface area contributed by atoms with E-state index in [1.54, 1.807) is 4.90 Å². The van der Waals surface area contributed by atoms with E-state index in [1.165, 1.54) is 0 Å². The lowest BCUT2D eigenvalue weighted by atomic mass is 10.0. The fourth-order valence-electron chi connectivity index (χ4n) is 3.69. The molecule has 1 N–H and O–H groups in total. The lowest BCUT2D eigenvalue weighted by Crippen LogP contribution is -2.48. The van der Waals surface area contributed by atoms with Crippen molar-refractivity contribution in [3.05, 3.63) is 29.6 Å². The van der Waals surface area contributed by atoms with Gasteiger partial charge in [0, 0.05) is 25.9 Å². The first kappa shape index (κ1) is 18.2. The smallest absolute Gasteiger partial charge is 0.228 e. The lowest BCUT2D eigenvalue weighted by Gasteiger charge is -2.37. The summed E-state index contributed by atoms with van der Waals surface area (Å²) < 4.78 is 51.1. The molecule has 3 aliphatic rings. The van der Waals surface area contributed by atoms with E-state index in [9.17, 15) is 22.8 Å². The van der Waals surface area contributed by atoms with E-state index in [2.05, 4.69) is 5.32 Å². The van der Waals surface area contributed by atoms with Crippen LogP contribution in [0, 0.1) is 29.3 Å². The van der Waals surface area contributed by atoms with Gasteiger partial charge < -0.3 is 19.7 Å². The van der Waals surface area contributed by atoms with Gasteiger partial charge >= 0.3 is 0 Å². The Morgan fingerprint density at radius 2 is 1.70 bits per heavy atom. The first-order valence-electron chi connectivity index (χ1n) is 8.91. The second-order valence-electron chi connectivity index (χ2n) is 7.09. The molecule has 2 atom stereocenters. The molecule has 1 saturated carbocycles. The normalized spacial score (nSPS) is 26.3. The molecule has 4 rings (SSSR count). The number of hydrogen-bond acceptors (Lipinski definition) is 4. The second kappa shape index (κ2) is 6.79. The number of amides is 2. The van der Waals surface area contributed by atoms with Crippen LogP contribution in [0.15, 0.2) is 12.1 Å². The van der Waals surface area contributed by atoms with Crippen molar-refractivity contribution in [2.45, 2.75) is 25.0 Å². The van der Waals surface area contributed by atoms with Crippen molar-refractivity contribution in [1.29, 1.82) is 0 Å². The molecule has 0 aromatic heterocycles. The molecule has 27 heavy (non-hydrogen) atoms. The molecule has 2 heterocycles. The average molecular weight is 384 g/mol. The maximum absolute atomic E-state index is 13.7. The molecule has 9 heteroatoms. The first-order chi connectivity index (χ1) is 12.9. The standard InChI is InChI=1S/C18H19F3N2O4/c19-12-1-2-13(15(21)14(12)20)22-16(24)10-9-11(10)17(25)23-5-3-18(4-6-23)26-7-8-27-18/h1-2,10-11H,3-9H2,(H,22,24). The van der Waals surface area contributed by atoms with Crippen molar-refractivity contribution in [2.75, 3.05) is 31.6 Å². The SMILES string of the molecule is O=C(Nc1ccc(F)c(F)c1F)C1CC1C(=O)N1CCC2(CC1)OCCO2. The Bertz CT molecular complexity index is 772. The number of anilines is 1. The van der Waals surface area contributed by atoms with Gasteiger partial charge in [0.1, 0.15) is 0 Å². The van der Waals surface area contributed by atoms with Crippen molar-refractivity contribution < 1.29 is 32.2 Å². The van der Waals surface area contributed by atoms with E-state index in [0.29, 0.717) is 45.6 Å². The maximum Gasteiger partial charge on any atom is 0.228 e. The zero-order valence-electron chi connectivity index (χ0n) is 14.5. The molecule has 1 aromatic rings. The van der Waals surface area contributed by atoms with Crippen LogP contribution >= 0.6 is 0 Å². The summed E-state index contributed by atoms with van der Waals surface area (Å²) in [4.78, 5) is 26.5. The number of hydrogen-bond donors (Lipinski definition) is 1. The van der Waals surface area contributed by atoms with Crippen LogP contribution < -0.4 is 5.32 Å². The van der Waals surface area contributed by atoms with Crippen molar-refractivity contribution >= 4 is 17.5 Å². The molecule has 2 saturated heterocycles. The number of carbonyl (C=O) groups excluding carboxylic acids is 2. The summed E-state index contributed by atoms with van der Waals surface area (Å²) in [6.45, 7) is 2.08. The molecule has 1 aliphatic carbocycles. The Morgan fingerprint density at radius 3 is 2.37 bits per heavy atom. The van der Waals surface area contributed by atoms with Crippen molar-refractivity contribution in [3.63, 3.8) is 0 Å². The summed E-state index contributed by atoms with van der Waals surface area (Å²) in [5.74, 6) is -6.79. The number of benzene rings is 1. The Balaban J connectivity index is 1.32. The quantitative estimate of drug-likeness (QED) is 0.810. The van der Waals surface area contributed by atoms with E-state index in [4.69, 9.17) is 9.47 Å². The molecule has 1 spiro atoms. The number of ether oxygens (including phenoxy) is 2. The summed E-state index contributed by atoms with van der Waals surface area (Å²) in [6, 6.07) is 1.69. The van der Waals surface area contributed by atoms with E-state index in [0.717, 1.165) is 12.1 Å². The molecule has 0 radical (unpaired) electrons. The highest BCUT2D eigenvalue weighted by molar-refractivity contribution is 5.99. The fraction of sp³-hybridized carbons (Fsp3) is 0.556. The van der Waals surface area contributed by atoms with Gasteiger partial charge in [0.25, 0.3) is 0 Å². The summed E-state index contributed by atoms with van der Waals surface area (Å²) in [6.07, 6.45) is 1.52. The van der Waals surface area contributed by atoms with Gasteiger partial charge in [-0.2, -0.15) is 0 Å². The number of carbonyl (C=O) groups is 2. The predicted octanol–water partition coefficient (Wildman–Crippen LogP) is 2.04. The van der Waals surface area contributed by atoms with Crippen LogP contribution in [0.1, 0.15) is 19.3 Å². The molecule has 6 nitrogen and oxygen atoms in total. The fourth-order valence-corrected chi connectivity index (χ4v) is 3.69. The minimum atomic E-state index is -1.64. The lowest BCUT2D eigenvalue weighted by molar-refractivity contribution is -0.187. The monoisotopic (exact) mass is 384 g/mol. The molecule has 2 amide bonds. The van der Waals surface area contributed by atoms with E-state index in [-0.39, 0.29) is 5.91 Å². The molecule has 146 valence electrons. The second-order valence-corrected chi connectivity index (χ2v) is 7.09. The largest absolute Gasteiger partial charge is 0.347 e. The van der Waals surface area contributed by atoms with Gasteiger partial charge in [-0.05, 0) is 18.6 Å². The van der Waals surface area contributed by atoms with E-state index >= 15 is 0 Å². The average Bonchev–Trinajstić information content (AvgIpc) is 3.36. The summed E-state index contributed by atoms with van der Waals surface area (Å²) in [5, 5.41) is 2.24. The third-order valence-electron chi connectivity index (χ3n) is 5.39. The number of rotatable bonds is 3. The summed E-state index contributed by atoms with van der Waals surface area (Å²) in [7, 11) is 0. The first-order valence-corrected chi connectivity index (χ1v) is 8.91. The van der Waals surface area contributed by atoms with E-state index < -0.39 is 46.7 Å². The topological polar surface area (TPSA) is 67.9 Å². The van der Waals surface area contributed by atoms with Crippen molar-refractivity contribution in [3.8, 4) is 0 Å². The van der Waals surface area contributed by atoms with Crippen LogP contribution in [0.3, 0.4) is 0 Å². The Kier molecular flexibility index (Phi) is 4.59. The van der Waals surface area contributed by atoms with Crippen molar-refractivity contribution in [1.82, 2.24) is 4.90 Å². The summed E-state index contributed by atoms with van der Waals surface area (Å²) >= 11 is 0. The molecular formula is C18H19F3N2O4. The molecule has 2 unspecified atom stereocenters. The number of likely N-dealkylation sites (tertiary alicyclic amines) is 1. The van der Waals surface area contributed by atoms with Crippen molar-refractivity contribution in [2.24, 2.45) is 11.8 Å². The minimum Gasteiger partial charge on any atom is -0.347 e. The molecule has 1 aromatic carbocycles. The third-order valence-corrected chi connectivity index (χ3v) is 5.39. The Labute approximate surface area is 153 Å². The van der Waals surface area contributed by atoms with Gasteiger partial charge in [-0.3, -0.25) is 9.59 Å². The number of piperidine rings is 1. The van der Waals surface area contributed by atoms with Crippen LogP contribution in [0.2, 0.25) is 0 Å². The minimum absolute atomic E-state index is 0.131. The molecule has 0 bridgehead atoms. The van der Waals surface area contributed by atoms with Gasteiger partial charge in [0.05, 0.1) is 30.7 Å². The third kappa shape index (κ3) is 3.41. The Hall–Kier alpha value is -2.13. The highest BCUT2D eigenvalue weighted by atomic mass is 19.2. The number of nitrogens with zero attached hydrogens (tertiary/aromatic N) is 1. The van der Waals surface area contributed by atoms with Gasteiger partial charge in [-0.1, -0.05) is 0 Å². The Morgan fingerprint density at radius 1 is 1.04 bits per heavy atom. The zero-order valence-corrected chi connectivity index (χ0v) is 14.5. The van der Waals surface area contributed by atoms with Gasteiger partial charge in [-0.25, -0.2) is 13.2 Å². The van der Waals surface area contributed by atoms with Gasteiger partial charge in [-0.15, -0.1) is 0 Å². The molecular weight excluding hydrogens is 365 g/mol.